The van der Waals surface area contributed by atoms with Gasteiger partial charge in [-0.1, -0.05) is 12.1 Å². The number of hydrogen-bond donors (Lipinski definition) is 1. The van der Waals surface area contributed by atoms with Gasteiger partial charge in [0.15, 0.2) is 0 Å². The summed E-state index contributed by atoms with van der Waals surface area (Å²) >= 11 is 0. The Hall–Kier alpha value is -2.04. The molecule has 0 spiro atoms. The van der Waals surface area contributed by atoms with E-state index in [2.05, 4.69) is 0 Å². The first-order valence-electron chi connectivity index (χ1n) is 8.19. The summed E-state index contributed by atoms with van der Waals surface area (Å²) in [5.41, 5.74) is 0.957. The van der Waals surface area contributed by atoms with Gasteiger partial charge < -0.3 is 14.7 Å². The van der Waals surface area contributed by atoms with E-state index < -0.39 is 5.97 Å². The number of likely N-dealkylation sites (tertiary alicyclic amines) is 1. The summed E-state index contributed by atoms with van der Waals surface area (Å²) in [6.07, 6.45) is 3.60. The van der Waals surface area contributed by atoms with Crippen LogP contribution in [-0.4, -0.2) is 41.6 Å². The Morgan fingerprint density at radius 2 is 2.00 bits per heavy atom. The summed E-state index contributed by atoms with van der Waals surface area (Å²) in [5.74, 6) is -0.173. The van der Waals surface area contributed by atoms with Gasteiger partial charge in [-0.05, 0) is 50.3 Å². The van der Waals surface area contributed by atoms with Crippen LogP contribution in [0.2, 0.25) is 0 Å². The molecule has 23 heavy (non-hydrogen) atoms. The van der Waals surface area contributed by atoms with E-state index >= 15 is 0 Å². The maximum atomic E-state index is 12.9. The van der Waals surface area contributed by atoms with Crippen molar-refractivity contribution in [1.29, 1.82) is 0 Å². The van der Waals surface area contributed by atoms with Gasteiger partial charge in [0.2, 0.25) is 5.91 Å². The molecule has 0 saturated carbocycles. The Balaban J connectivity index is 2.06. The fraction of sp³-hybridized carbons (Fsp3) is 0.556. The van der Waals surface area contributed by atoms with Crippen molar-refractivity contribution in [3.05, 3.63) is 29.8 Å². The molecule has 0 aromatic heterocycles. The van der Waals surface area contributed by atoms with Crippen LogP contribution in [0.4, 0.5) is 0 Å². The number of methoxy groups -OCH3 is 1. The summed E-state index contributed by atoms with van der Waals surface area (Å²) in [5, 5.41) is 8.89. The molecule has 1 saturated heterocycles. The van der Waals surface area contributed by atoms with Crippen molar-refractivity contribution in [2.75, 3.05) is 13.7 Å². The van der Waals surface area contributed by atoms with E-state index in [9.17, 15) is 9.59 Å². The number of benzene rings is 1. The van der Waals surface area contributed by atoms with Crippen LogP contribution in [0.3, 0.4) is 0 Å². The maximum absolute atomic E-state index is 12.9. The lowest BCUT2D eigenvalue weighted by molar-refractivity contribution is -0.140. The van der Waals surface area contributed by atoms with Crippen molar-refractivity contribution < 1.29 is 19.4 Å². The molecule has 1 heterocycles. The molecule has 1 amide bonds. The number of nitrogens with zero attached hydrogens (tertiary/aromatic N) is 1. The van der Waals surface area contributed by atoms with Crippen molar-refractivity contribution in [1.82, 2.24) is 4.90 Å². The van der Waals surface area contributed by atoms with Gasteiger partial charge in [-0.3, -0.25) is 9.59 Å². The zero-order valence-corrected chi connectivity index (χ0v) is 13.8. The van der Waals surface area contributed by atoms with Crippen LogP contribution in [0.25, 0.3) is 0 Å². The van der Waals surface area contributed by atoms with Crippen LogP contribution >= 0.6 is 0 Å². The Kier molecular flexibility index (Phi) is 6.02. The minimum atomic E-state index is -0.800. The van der Waals surface area contributed by atoms with Gasteiger partial charge in [-0.2, -0.15) is 0 Å². The van der Waals surface area contributed by atoms with Crippen LogP contribution in [0.15, 0.2) is 24.3 Å². The standard InChI is InChI=1S/C18H25NO4/c1-13(14-6-9-16(23-2)10-7-14)18(22)19-12-4-3-5-15(19)8-11-17(20)21/h6-7,9-10,13,15H,3-5,8,11-12H2,1-2H3,(H,20,21). The predicted molar refractivity (Wildman–Crippen MR) is 87.6 cm³/mol. The van der Waals surface area contributed by atoms with Gasteiger partial charge in [0.25, 0.3) is 0 Å². The molecule has 1 aliphatic heterocycles. The van der Waals surface area contributed by atoms with Gasteiger partial charge in [-0.15, -0.1) is 0 Å². The highest BCUT2D eigenvalue weighted by Gasteiger charge is 2.30. The lowest BCUT2D eigenvalue weighted by Gasteiger charge is -2.37. The van der Waals surface area contributed by atoms with E-state index in [0.717, 1.165) is 37.1 Å². The number of carboxylic acids is 1. The van der Waals surface area contributed by atoms with E-state index in [1.807, 2.05) is 36.1 Å². The summed E-state index contributed by atoms with van der Waals surface area (Å²) in [4.78, 5) is 25.6. The second-order valence-electron chi connectivity index (χ2n) is 6.11. The van der Waals surface area contributed by atoms with Gasteiger partial charge in [0, 0.05) is 19.0 Å². The fourth-order valence-electron chi connectivity index (χ4n) is 3.16. The highest BCUT2D eigenvalue weighted by Crippen LogP contribution is 2.27. The van der Waals surface area contributed by atoms with Crippen LogP contribution in [0.1, 0.15) is 50.5 Å². The number of carbonyl (C=O) groups excluding carboxylic acids is 1. The minimum Gasteiger partial charge on any atom is -0.497 e. The topological polar surface area (TPSA) is 66.8 Å². The Morgan fingerprint density at radius 3 is 2.61 bits per heavy atom. The summed E-state index contributed by atoms with van der Waals surface area (Å²) < 4.78 is 5.15. The first-order valence-corrected chi connectivity index (χ1v) is 8.19. The van der Waals surface area contributed by atoms with Crippen LogP contribution < -0.4 is 4.74 Å². The molecule has 0 bridgehead atoms. The number of amides is 1. The summed E-state index contributed by atoms with van der Waals surface area (Å²) in [6, 6.07) is 7.59. The molecule has 1 aromatic carbocycles. The number of rotatable bonds is 6. The van der Waals surface area contributed by atoms with E-state index in [1.54, 1.807) is 7.11 Å². The van der Waals surface area contributed by atoms with Gasteiger partial charge in [0.05, 0.1) is 13.0 Å². The molecule has 1 aromatic rings. The molecule has 126 valence electrons. The lowest BCUT2D eigenvalue weighted by Crippen LogP contribution is -2.45. The van der Waals surface area contributed by atoms with Crippen molar-refractivity contribution >= 4 is 11.9 Å². The van der Waals surface area contributed by atoms with Crippen molar-refractivity contribution in [3.63, 3.8) is 0 Å². The number of hydrogen-bond acceptors (Lipinski definition) is 3. The molecule has 5 nitrogen and oxygen atoms in total. The second-order valence-corrected chi connectivity index (χ2v) is 6.11. The smallest absolute Gasteiger partial charge is 0.303 e. The molecule has 2 atom stereocenters. The van der Waals surface area contributed by atoms with Crippen molar-refractivity contribution in [2.45, 2.75) is 51.0 Å². The SMILES string of the molecule is COc1ccc(C(C)C(=O)N2CCCCC2CCC(=O)O)cc1. The average molecular weight is 319 g/mol. The average Bonchev–Trinajstić information content (AvgIpc) is 2.59. The molecule has 2 unspecified atom stereocenters. The highest BCUT2D eigenvalue weighted by atomic mass is 16.5. The number of ether oxygens (including phenoxy) is 1. The second kappa shape index (κ2) is 7.99. The Labute approximate surface area is 137 Å². The van der Waals surface area contributed by atoms with Gasteiger partial charge in [-0.25, -0.2) is 0 Å². The molecular formula is C18H25NO4. The van der Waals surface area contributed by atoms with Crippen LogP contribution in [0, 0.1) is 0 Å². The monoisotopic (exact) mass is 319 g/mol. The van der Waals surface area contributed by atoms with E-state index in [0.29, 0.717) is 6.42 Å². The zero-order valence-electron chi connectivity index (χ0n) is 13.8. The molecule has 1 aliphatic rings. The quantitative estimate of drug-likeness (QED) is 0.875. The molecule has 5 heteroatoms. The fourth-order valence-corrected chi connectivity index (χ4v) is 3.16. The number of aliphatic carboxylic acids is 1. The highest BCUT2D eigenvalue weighted by molar-refractivity contribution is 5.83. The minimum absolute atomic E-state index is 0.0491. The third-order valence-corrected chi connectivity index (χ3v) is 4.59. The predicted octanol–water partition coefficient (Wildman–Crippen LogP) is 3.04. The normalized spacial score (nSPS) is 19.2. The van der Waals surface area contributed by atoms with E-state index in [1.165, 1.54) is 0 Å². The Bertz CT molecular complexity index is 540. The van der Waals surface area contributed by atoms with E-state index in [-0.39, 0.29) is 24.3 Å². The van der Waals surface area contributed by atoms with Crippen LogP contribution in [-0.2, 0) is 9.59 Å². The third kappa shape index (κ3) is 4.47. The molecule has 1 fully saturated rings. The zero-order chi connectivity index (χ0) is 16.8. The molecule has 0 aliphatic carbocycles. The summed E-state index contributed by atoms with van der Waals surface area (Å²) in [6.45, 7) is 2.64. The van der Waals surface area contributed by atoms with Crippen molar-refractivity contribution in [3.8, 4) is 5.75 Å². The largest absolute Gasteiger partial charge is 0.497 e. The number of piperidine rings is 1. The third-order valence-electron chi connectivity index (χ3n) is 4.59. The Morgan fingerprint density at radius 1 is 1.30 bits per heavy atom. The van der Waals surface area contributed by atoms with Crippen molar-refractivity contribution in [2.24, 2.45) is 0 Å². The number of carboxylic acid groups (broad SMARTS) is 1. The van der Waals surface area contributed by atoms with E-state index in [4.69, 9.17) is 9.84 Å². The van der Waals surface area contributed by atoms with Gasteiger partial charge >= 0.3 is 5.97 Å². The number of carbonyl (C=O) groups is 2. The van der Waals surface area contributed by atoms with Crippen LogP contribution in [0.5, 0.6) is 5.75 Å². The molecular weight excluding hydrogens is 294 g/mol. The first kappa shape index (κ1) is 17.3. The molecule has 1 N–H and O–H groups in total. The first-order chi connectivity index (χ1) is 11.0. The summed E-state index contributed by atoms with van der Waals surface area (Å²) in [7, 11) is 1.62. The molecule has 2 rings (SSSR count). The maximum Gasteiger partial charge on any atom is 0.303 e. The van der Waals surface area contributed by atoms with Gasteiger partial charge in [0.1, 0.15) is 5.75 Å². The molecule has 0 radical (unpaired) electrons. The lowest BCUT2D eigenvalue weighted by atomic mass is 9.93.